The van der Waals surface area contributed by atoms with Gasteiger partial charge in [-0.3, -0.25) is 4.98 Å². The lowest BCUT2D eigenvalue weighted by Gasteiger charge is -2.10. The number of aromatic hydroxyl groups is 2. The topological polar surface area (TPSA) is 85.9 Å². The molecule has 0 spiro atoms. The van der Waals surface area contributed by atoms with Crippen molar-refractivity contribution < 1.29 is 15.4 Å². The first-order chi connectivity index (χ1) is 11.1. The summed E-state index contributed by atoms with van der Waals surface area (Å²) in [7, 11) is 0. The number of benzene rings is 2. The van der Waals surface area contributed by atoms with Gasteiger partial charge in [0.2, 0.25) is 0 Å². The van der Waals surface area contributed by atoms with Gasteiger partial charge in [0.1, 0.15) is 11.5 Å². The van der Waals surface area contributed by atoms with E-state index in [2.05, 4.69) is 10.1 Å². The number of oxime groups is 1. The summed E-state index contributed by atoms with van der Waals surface area (Å²) in [6.07, 6.45) is 0.263. The number of pyridine rings is 1. The van der Waals surface area contributed by atoms with Gasteiger partial charge in [-0.1, -0.05) is 29.4 Å². The number of para-hydroxylation sites is 1. The minimum atomic E-state index is -0.0985. The molecule has 0 fully saturated rings. The summed E-state index contributed by atoms with van der Waals surface area (Å²) >= 11 is 0. The lowest BCUT2D eigenvalue weighted by Crippen LogP contribution is -2.08. The van der Waals surface area contributed by atoms with Crippen molar-refractivity contribution in [2.75, 3.05) is 0 Å². The first kappa shape index (κ1) is 14.8. The van der Waals surface area contributed by atoms with E-state index in [1.807, 2.05) is 36.4 Å². The van der Waals surface area contributed by atoms with E-state index in [0.29, 0.717) is 11.1 Å². The largest absolute Gasteiger partial charge is 0.508 e. The second kappa shape index (κ2) is 5.96. The third-order valence-corrected chi connectivity index (χ3v) is 3.84. The van der Waals surface area contributed by atoms with E-state index in [9.17, 15) is 15.4 Å². The van der Waals surface area contributed by atoms with Crippen LogP contribution in [0.25, 0.3) is 10.9 Å². The summed E-state index contributed by atoms with van der Waals surface area (Å²) in [5.74, 6) is -0.106. The second-order valence-electron chi connectivity index (χ2n) is 5.32. The van der Waals surface area contributed by atoms with Crippen LogP contribution in [0.15, 0.2) is 53.7 Å². The number of nitrogens with zero attached hydrogens (tertiary/aromatic N) is 2. The smallest absolute Gasteiger partial charge is 0.131 e. The summed E-state index contributed by atoms with van der Waals surface area (Å²) in [6.45, 7) is 1.59. The van der Waals surface area contributed by atoms with Crippen molar-refractivity contribution in [3.05, 3.63) is 65.4 Å². The van der Waals surface area contributed by atoms with Gasteiger partial charge in [0, 0.05) is 28.6 Å². The summed E-state index contributed by atoms with van der Waals surface area (Å²) < 4.78 is 0. The Kier molecular flexibility index (Phi) is 3.85. The summed E-state index contributed by atoms with van der Waals surface area (Å²) in [5.41, 5.74) is 2.58. The molecule has 0 unspecified atom stereocenters. The third-order valence-electron chi connectivity index (χ3n) is 3.84. The standard InChI is InChI=1S/C18H16N2O3/c1-11-17(21)9-8-14(18(11)22)16(20-23)10-13-7-6-12-4-2-3-5-15(12)19-13/h2-9,21-23H,10H2,1H3. The summed E-state index contributed by atoms with van der Waals surface area (Å²) in [6, 6.07) is 14.5. The van der Waals surface area contributed by atoms with E-state index in [1.54, 1.807) is 6.92 Å². The molecule has 0 aliphatic rings. The average molecular weight is 308 g/mol. The molecule has 3 aromatic rings. The molecule has 116 valence electrons. The molecule has 5 nitrogen and oxygen atoms in total. The highest BCUT2D eigenvalue weighted by Gasteiger charge is 2.15. The normalized spacial score (nSPS) is 11.8. The van der Waals surface area contributed by atoms with Gasteiger partial charge in [0.25, 0.3) is 0 Å². The maximum atomic E-state index is 10.2. The molecule has 1 aromatic heterocycles. The molecule has 0 saturated carbocycles. The Morgan fingerprint density at radius 3 is 2.61 bits per heavy atom. The van der Waals surface area contributed by atoms with Crippen LogP contribution in [0.4, 0.5) is 0 Å². The van der Waals surface area contributed by atoms with Gasteiger partial charge >= 0.3 is 0 Å². The minimum absolute atomic E-state index is 0.00706. The lowest BCUT2D eigenvalue weighted by molar-refractivity contribution is 0.318. The lowest BCUT2D eigenvalue weighted by atomic mass is 10.0. The van der Waals surface area contributed by atoms with E-state index >= 15 is 0 Å². The Hall–Kier alpha value is -3.08. The van der Waals surface area contributed by atoms with Crippen LogP contribution in [-0.2, 0) is 6.42 Å². The fraction of sp³-hybridized carbons (Fsp3) is 0.111. The highest BCUT2D eigenvalue weighted by molar-refractivity contribution is 6.04. The van der Waals surface area contributed by atoms with Crippen molar-refractivity contribution in [3.63, 3.8) is 0 Å². The molecule has 0 aliphatic carbocycles. The average Bonchev–Trinajstić information content (AvgIpc) is 2.58. The van der Waals surface area contributed by atoms with E-state index in [-0.39, 0.29) is 23.6 Å². The van der Waals surface area contributed by atoms with E-state index < -0.39 is 0 Å². The number of phenolic OH excluding ortho intramolecular Hbond substituents is 2. The van der Waals surface area contributed by atoms with Crippen LogP contribution in [0, 0.1) is 6.92 Å². The van der Waals surface area contributed by atoms with Crippen LogP contribution in [0.1, 0.15) is 16.8 Å². The molecule has 23 heavy (non-hydrogen) atoms. The first-order valence-corrected chi connectivity index (χ1v) is 7.17. The van der Waals surface area contributed by atoms with Crippen molar-refractivity contribution in [2.24, 2.45) is 5.16 Å². The van der Waals surface area contributed by atoms with Gasteiger partial charge in [0.05, 0.1) is 11.2 Å². The van der Waals surface area contributed by atoms with Crippen LogP contribution in [0.2, 0.25) is 0 Å². The molecule has 0 amide bonds. The zero-order valence-corrected chi connectivity index (χ0v) is 12.6. The van der Waals surface area contributed by atoms with Crippen LogP contribution in [0.3, 0.4) is 0 Å². The van der Waals surface area contributed by atoms with Crippen molar-refractivity contribution in [1.29, 1.82) is 0 Å². The quantitative estimate of drug-likeness (QED) is 0.393. The van der Waals surface area contributed by atoms with Crippen LogP contribution in [-0.4, -0.2) is 26.1 Å². The van der Waals surface area contributed by atoms with E-state index in [0.717, 1.165) is 16.6 Å². The third kappa shape index (κ3) is 2.81. The number of hydrogen-bond donors (Lipinski definition) is 3. The number of hydrogen-bond acceptors (Lipinski definition) is 5. The van der Waals surface area contributed by atoms with Gasteiger partial charge in [-0.2, -0.15) is 0 Å². The van der Waals surface area contributed by atoms with Crippen molar-refractivity contribution >= 4 is 16.6 Å². The van der Waals surface area contributed by atoms with E-state index in [4.69, 9.17) is 0 Å². The van der Waals surface area contributed by atoms with E-state index in [1.165, 1.54) is 12.1 Å². The summed E-state index contributed by atoms with van der Waals surface area (Å²) in [4.78, 5) is 4.54. The molecule has 1 heterocycles. The molecular formula is C18H16N2O3. The van der Waals surface area contributed by atoms with Crippen LogP contribution < -0.4 is 0 Å². The monoisotopic (exact) mass is 308 g/mol. The minimum Gasteiger partial charge on any atom is -0.508 e. The zero-order chi connectivity index (χ0) is 16.4. The Balaban J connectivity index is 1.97. The molecule has 0 bridgehead atoms. The maximum absolute atomic E-state index is 10.2. The second-order valence-corrected chi connectivity index (χ2v) is 5.32. The van der Waals surface area contributed by atoms with Gasteiger partial charge in [0.15, 0.2) is 0 Å². The maximum Gasteiger partial charge on any atom is 0.131 e. The summed E-state index contributed by atoms with van der Waals surface area (Å²) in [5, 5.41) is 33.4. The molecule has 0 aliphatic heterocycles. The number of fused-ring (bicyclic) bond motifs is 1. The van der Waals surface area contributed by atoms with Crippen LogP contribution >= 0.6 is 0 Å². The van der Waals surface area contributed by atoms with Gasteiger partial charge in [-0.05, 0) is 31.2 Å². The molecule has 3 rings (SSSR count). The highest BCUT2D eigenvalue weighted by atomic mass is 16.4. The molecule has 3 N–H and O–H groups in total. The first-order valence-electron chi connectivity index (χ1n) is 7.17. The fourth-order valence-corrected chi connectivity index (χ4v) is 2.49. The number of rotatable bonds is 3. The molecule has 2 aromatic carbocycles. The van der Waals surface area contributed by atoms with Crippen molar-refractivity contribution in [3.8, 4) is 11.5 Å². The van der Waals surface area contributed by atoms with Gasteiger partial charge in [-0.25, -0.2) is 0 Å². The zero-order valence-electron chi connectivity index (χ0n) is 12.6. The van der Waals surface area contributed by atoms with Crippen molar-refractivity contribution in [2.45, 2.75) is 13.3 Å². The van der Waals surface area contributed by atoms with Gasteiger partial charge in [-0.15, -0.1) is 0 Å². The molecule has 0 saturated heterocycles. The SMILES string of the molecule is Cc1c(O)ccc(C(Cc2ccc3ccccc3n2)=NO)c1O. The Morgan fingerprint density at radius 1 is 1.04 bits per heavy atom. The highest BCUT2D eigenvalue weighted by Crippen LogP contribution is 2.30. The fourth-order valence-electron chi connectivity index (χ4n) is 2.49. The van der Waals surface area contributed by atoms with Crippen molar-refractivity contribution in [1.82, 2.24) is 4.98 Å². The van der Waals surface area contributed by atoms with Crippen LogP contribution in [0.5, 0.6) is 11.5 Å². The predicted molar refractivity (Wildman–Crippen MR) is 88.3 cm³/mol. The Bertz CT molecular complexity index is 904. The number of phenols is 2. The Labute approximate surface area is 133 Å². The number of aromatic nitrogens is 1. The Morgan fingerprint density at radius 2 is 1.83 bits per heavy atom. The predicted octanol–water partition coefficient (Wildman–Crippen LogP) is 3.38. The molecule has 0 atom stereocenters. The molecular weight excluding hydrogens is 292 g/mol. The van der Waals surface area contributed by atoms with Gasteiger partial charge < -0.3 is 15.4 Å². The molecule has 0 radical (unpaired) electrons. The molecule has 5 heteroatoms.